The lowest BCUT2D eigenvalue weighted by atomic mass is 10.2. The highest BCUT2D eigenvalue weighted by Gasteiger charge is 2.02. The molecule has 0 atom stereocenters. The van der Waals surface area contributed by atoms with E-state index < -0.39 is 0 Å². The van der Waals surface area contributed by atoms with Crippen molar-refractivity contribution < 1.29 is 4.74 Å². The highest BCUT2D eigenvalue weighted by molar-refractivity contribution is 7.80. The lowest BCUT2D eigenvalue weighted by Crippen LogP contribution is -2.23. The van der Waals surface area contributed by atoms with Crippen LogP contribution in [0.4, 0.5) is 11.4 Å². The molecule has 0 radical (unpaired) electrons. The Morgan fingerprint density at radius 1 is 1.21 bits per heavy atom. The maximum absolute atomic E-state index is 6.24. The molecule has 0 aliphatic heterocycles. The molecule has 0 aliphatic rings. The van der Waals surface area contributed by atoms with Crippen molar-refractivity contribution in [2.45, 2.75) is 0 Å². The molecule has 0 heterocycles. The maximum Gasteiger partial charge on any atom is 0.191 e. The molecule has 0 amide bonds. The van der Waals surface area contributed by atoms with Crippen molar-refractivity contribution in [1.29, 1.82) is 0 Å². The van der Waals surface area contributed by atoms with E-state index in [2.05, 4.69) is 15.8 Å². The van der Waals surface area contributed by atoms with Gasteiger partial charge in [0.05, 0.1) is 18.3 Å². The average molecular weight is 363 g/mol. The molecule has 2 aromatic carbocycles. The van der Waals surface area contributed by atoms with Gasteiger partial charge in [-0.3, -0.25) is 5.43 Å². The Morgan fingerprint density at radius 2 is 1.92 bits per heavy atom. The number of hydrogen-bond donors (Lipinski definition) is 2. The summed E-state index contributed by atoms with van der Waals surface area (Å²) in [7, 11) is 5.55. The zero-order valence-electron chi connectivity index (χ0n) is 13.7. The van der Waals surface area contributed by atoms with Crippen LogP contribution in [-0.2, 0) is 0 Å². The molecule has 24 heavy (non-hydrogen) atoms. The summed E-state index contributed by atoms with van der Waals surface area (Å²) in [5.41, 5.74) is 5.44. The van der Waals surface area contributed by atoms with E-state index in [9.17, 15) is 0 Å². The van der Waals surface area contributed by atoms with Crippen LogP contribution < -0.4 is 20.4 Å². The summed E-state index contributed by atoms with van der Waals surface area (Å²) in [6.07, 6.45) is 1.63. The number of ether oxygens (including phenoxy) is 1. The highest BCUT2D eigenvalue weighted by atomic mass is 35.5. The molecule has 0 unspecified atom stereocenters. The van der Waals surface area contributed by atoms with E-state index in [0.717, 1.165) is 22.7 Å². The Labute approximate surface area is 152 Å². The molecule has 0 saturated carbocycles. The maximum atomic E-state index is 6.24. The molecule has 2 N–H and O–H groups in total. The van der Waals surface area contributed by atoms with Gasteiger partial charge in [-0.25, -0.2) is 0 Å². The molecule has 2 rings (SSSR count). The van der Waals surface area contributed by atoms with Gasteiger partial charge in [0.2, 0.25) is 0 Å². The number of halogens is 1. The van der Waals surface area contributed by atoms with Crippen molar-refractivity contribution in [2.24, 2.45) is 5.10 Å². The lowest BCUT2D eigenvalue weighted by molar-refractivity contribution is 0.415. The number of benzene rings is 2. The molecule has 7 heteroatoms. The smallest absolute Gasteiger partial charge is 0.191 e. The zero-order valence-corrected chi connectivity index (χ0v) is 15.3. The van der Waals surface area contributed by atoms with Gasteiger partial charge in [-0.1, -0.05) is 11.6 Å². The first-order chi connectivity index (χ1) is 11.5. The predicted octanol–water partition coefficient (Wildman–Crippen LogP) is 3.74. The second-order valence-electron chi connectivity index (χ2n) is 5.15. The minimum Gasteiger partial charge on any atom is -0.497 e. The molecule has 0 saturated heterocycles. The summed E-state index contributed by atoms with van der Waals surface area (Å²) in [5, 5.41) is 8.15. The van der Waals surface area contributed by atoms with Crippen LogP contribution in [0.3, 0.4) is 0 Å². The predicted molar refractivity (Wildman–Crippen MR) is 106 cm³/mol. The number of hydrazone groups is 1. The Kier molecular flexibility index (Phi) is 6.40. The van der Waals surface area contributed by atoms with E-state index in [1.54, 1.807) is 13.3 Å². The molecule has 0 aromatic heterocycles. The van der Waals surface area contributed by atoms with Crippen molar-refractivity contribution in [3.8, 4) is 5.75 Å². The van der Waals surface area contributed by atoms with E-state index >= 15 is 0 Å². The van der Waals surface area contributed by atoms with Gasteiger partial charge in [-0.2, -0.15) is 5.10 Å². The Balaban J connectivity index is 1.92. The Hall–Kier alpha value is -2.31. The highest BCUT2D eigenvalue weighted by Crippen LogP contribution is 2.21. The minimum absolute atomic E-state index is 0.387. The second-order valence-corrected chi connectivity index (χ2v) is 5.97. The summed E-state index contributed by atoms with van der Waals surface area (Å²) in [6.45, 7) is 0. The van der Waals surface area contributed by atoms with E-state index in [-0.39, 0.29) is 0 Å². The quantitative estimate of drug-likeness (QED) is 0.482. The Morgan fingerprint density at radius 3 is 2.50 bits per heavy atom. The number of anilines is 2. The third kappa shape index (κ3) is 5.11. The standard InChI is InChI=1S/C17H19ClN4OS/c1-22(2)14-7-4-12(16(18)10-14)11-19-21-17(24)20-13-5-8-15(23-3)9-6-13/h4-11H,1-3H3,(H2,20,21,24)/b19-11-. The average Bonchev–Trinajstić information content (AvgIpc) is 2.56. The summed E-state index contributed by atoms with van der Waals surface area (Å²) in [6, 6.07) is 13.2. The van der Waals surface area contributed by atoms with Gasteiger partial charge in [0.1, 0.15) is 5.75 Å². The number of nitrogens with one attached hydrogen (secondary N) is 2. The number of methoxy groups -OCH3 is 1. The summed E-state index contributed by atoms with van der Waals surface area (Å²) < 4.78 is 5.11. The van der Waals surface area contributed by atoms with E-state index in [1.807, 2.05) is 61.5 Å². The van der Waals surface area contributed by atoms with Gasteiger partial charge in [-0.05, 0) is 54.7 Å². The summed E-state index contributed by atoms with van der Waals surface area (Å²) in [5.74, 6) is 0.785. The Bertz CT molecular complexity index is 732. The number of nitrogens with zero attached hydrogens (tertiary/aromatic N) is 2. The molecule has 5 nitrogen and oxygen atoms in total. The van der Waals surface area contributed by atoms with Crippen molar-refractivity contribution in [2.75, 3.05) is 31.4 Å². The second kappa shape index (κ2) is 8.52. The van der Waals surface area contributed by atoms with E-state index in [1.165, 1.54) is 0 Å². The first-order valence-corrected chi connectivity index (χ1v) is 7.99. The number of hydrogen-bond acceptors (Lipinski definition) is 4. The van der Waals surface area contributed by atoms with Crippen LogP contribution in [0.25, 0.3) is 0 Å². The molecule has 0 fully saturated rings. The number of rotatable bonds is 5. The van der Waals surface area contributed by atoms with Crippen LogP contribution in [0.1, 0.15) is 5.56 Å². The van der Waals surface area contributed by atoms with E-state index in [0.29, 0.717) is 10.1 Å². The third-order valence-corrected chi connectivity index (χ3v) is 3.74. The molecule has 0 aliphatic carbocycles. The minimum atomic E-state index is 0.387. The van der Waals surface area contributed by atoms with E-state index in [4.69, 9.17) is 28.6 Å². The summed E-state index contributed by atoms with van der Waals surface area (Å²) in [4.78, 5) is 1.99. The SMILES string of the molecule is COc1ccc(NC(=S)N/N=C\c2ccc(N(C)C)cc2Cl)cc1. The fraction of sp³-hybridized carbons (Fsp3) is 0.176. The number of thiocarbonyl (C=S) groups is 1. The van der Waals surface area contributed by atoms with Crippen molar-refractivity contribution in [3.63, 3.8) is 0 Å². The van der Waals surface area contributed by atoms with Crippen LogP contribution in [0, 0.1) is 0 Å². The lowest BCUT2D eigenvalue weighted by Gasteiger charge is -2.13. The molecule has 2 aromatic rings. The van der Waals surface area contributed by atoms with Gasteiger partial charge in [-0.15, -0.1) is 0 Å². The van der Waals surface area contributed by atoms with Crippen molar-refractivity contribution in [1.82, 2.24) is 5.43 Å². The first kappa shape index (κ1) is 18.0. The van der Waals surface area contributed by atoms with Crippen molar-refractivity contribution >= 4 is 46.5 Å². The van der Waals surface area contributed by atoms with Crippen LogP contribution >= 0.6 is 23.8 Å². The fourth-order valence-electron chi connectivity index (χ4n) is 1.89. The zero-order chi connectivity index (χ0) is 17.5. The third-order valence-electron chi connectivity index (χ3n) is 3.22. The molecule has 0 bridgehead atoms. The monoisotopic (exact) mass is 362 g/mol. The molecule has 126 valence electrons. The van der Waals surface area contributed by atoms with Crippen LogP contribution in [0.15, 0.2) is 47.6 Å². The van der Waals surface area contributed by atoms with Crippen LogP contribution in [0.5, 0.6) is 5.75 Å². The van der Waals surface area contributed by atoms with Gasteiger partial charge in [0, 0.05) is 31.0 Å². The first-order valence-electron chi connectivity index (χ1n) is 7.20. The molecular formula is C17H19ClN4OS. The largest absolute Gasteiger partial charge is 0.497 e. The van der Waals surface area contributed by atoms with Crippen LogP contribution in [0.2, 0.25) is 5.02 Å². The normalized spacial score (nSPS) is 10.5. The van der Waals surface area contributed by atoms with Gasteiger partial charge < -0.3 is 15.0 Å². The van der Waals surface area contributed by atoms with Gasteiger partial charge in [0.15, 0.2) is 5.11 Å². The molecule has 0 spiro atoms. The van der Waals surface area contributed by atoms with Crippen LogP contribution in [-0.4, -0.2) is 32.5 Å². The van der Waals surface area contributed by atoms with Gasteiger partial charge >= 0.3 is 0 Å². The van der Waals surface area contributed by atoms with Gasteiger partial charge in [0.25, 0.3) is 0 Å². The van der Waals surface area contributed by atoms with Crippen molar-refractivity contribution in [3.05, 3.63) is 53.1 Å². The molecular weight excluding hydrogens is 344 g/mol. The fourth-order valence-corrected chi connectivity index (χ4v) is 2.29. The topological polar surface area (TPSA) is 48.9 Å². The summed E-state index contributed by atoms with van der Waals surface area (Å²) >= 11 is 11.4.